The van der Waals surface area contributed by atoms with E-state index in [4.69, 9.17) is 0 Å². The van der Waals surface area contributed by atoms with E-state index in [1.165, 1.54) is 0 Å². The van der Waals surface area contributed by atoms with Gasteiger partial charge in [0.15, 0.2) is 0 Å². The van der Waals surface area contributed by atoms with E-state index >= 15 is 0 Å². The Morgan fingerprint density at radius 2 is 1.75 bits per heavy atom. The molecule has 0 amide bonds. The number of hydrogen-bond acceptors (Lipinski definition) is 0. The average molecular weight is 321 g/mol. The molecule has 0 radical (unpaired) electrons. The topological polar surface area (TPSA) is 0 Å². The van der Waals surface area contributed by atoms with Crippen molar-refractivity contribution in [3.63, 3.8) is 0 Å². The van der Waals surface area contributed by atoms with Gasteiger partial charge in [-0.25, -0.2) is 0 Å². The zero-order valence-corrected chi connectivity index (χ0v) is 13.9. The van der Waals surface area contributed by atoms with Crippen molar-refractivity contribution in [2.75, 3.05) is 0 Å². The Morgan fingerprint density at radius 3 is 1.75 bits per heavy atom. The van der Waals surface area contributed by atoms with Crippen LogP contribution in [0.2, 0.25) is 0 Å². The molecule has 0 heterocycles. The predicted molar refractivity (Wildman–Crippen MR) is 28.4 cm³/mol. The second-order valence-corrected chi connectivity index (χ2v) is 11.0. The molecule has 0 aromatic carbocycles. The zero-order chi connectivity index (χ0) is 2.71. The fraction of sp³-hybridized carbons (Fsp3) is 0. The van der Waals surface area contributed by atoms with Crippen molar-refractivity contribution in [1.29, 1.82) is 0 Å². The Labute approximate surface area is 56.8 Å². The molecule has 0 fully saturated rings. The molecule has 0 saturated carbocycles. The van der Waals surface area contributed by atoms with Gasteiger partial charge in [-0.3, -0.25) is 0 Å². The molecule has 0 aliphatic carbocycles. The Bertz CT molecular complexity index is 8.00. The van der Waals surface area contributed by atoms with Gasteiger partial charge in [0.2, 0.25) is 0 Å². The molecule has 0 N–H and O–H groups in total. The molecule has 0 atom stereocenters. The van der Waals surface area contributed by atoms with Crippen molar-refractivity contribution in [2.45, 2.75) is 0 Å². The quantitative estimate of drug-likeness (QED) is 0.411. The van der Waals surface area contributed by atoms with E-state index in [0.29, 0.717) is 0 Å². The summed E-state index contributed by atoms with van der Waals surface area (Å²) in [5, 5.41) is 0. The van der Waals surface area contributed by atoms with Gasteiger partial charge in [0.1, 0.15) is 0 Å². The summed E-state index contributed by atoms with van der Waals surface area (Å²) in [5.74, 6) is 0. The summed E-state index contributed by atoms with van der Waals surface area (Å²) in [4.78, 5) is 0. The summed E-state index contributed by atoms with van der Waals surface area (Å²) in [6.45, 7) is 0. The van der Waals surface area contributed by atoms with Gasteiger partial charge in [0.05, 0.1) is 0 Å². The van der Waals surface area contributed by atoms with Crippen molar-refractivity contribution in [3.05, 3.63) is 0 Å². The summed E-state index contributed by atoms with van der Waals surface area (Å²) in [5.41, 5.74) is 0. The normalized spacial score (nSPS) is 3.00. The third-order valence-electron chi connectivity index (χ3n) is 0. The van der Waals surface area contributed by atoms with Crippen LogP contribution in [-0.4, -0.2) is 41.0 Å². The SMILES string of the molecule is [BH2][Zn][SiH3].[BiH3]. The van der Waals surface area contributed by atoms with Crippen molar-refractivity contribution in [1.82, 2.24) is 0 Å². The van der Waals surface area contributed by atoms with Crippen LogP contribution in [0.5, 0.6) is 0 Å². The minimum atomic E-state index is 0. The first-order valence-corrected chi connectivity index (χ1v) is 14.7. The molecule has 0 aromatic heterocycles. The van der Waals surface area contributed by atoms with Crippen LogP contribution in [-0.2, 0) is 16.2 Å². The molecule has 0 saturated heterocycles. The molecule has 0 bridgehead atoms. The number of hydrogen-bond donors (Lipinski definition) is 0. The van der Waals surface area contributed by atoms with E-state index in [1.54, 1.807) is 8.47 Å². The summed E-state index contributed by atoms with van der Waals surface area (Å²) < 4.78 is 0. The average Bonchev–Trinajstić information content (AvgIpc) is 0.918. The van der Waals surface area contributed by atoms with Gasteiger partial charge < -0.3 is 0 Å². The van der Waals surface area contributed by atoms with E-state index in [2.05, 4.69) is 6.33 Å². The van der Waals surface area contributed by atoms with Crippen molar-refractivity contribution >= 4 is 41.0 Å². The van der Waals surface area contributed by atoms with E-state index in [1.807, 2.05) is 0 Å². The van der Waals surface area contributed by atoms with Crippen molar-refractivity contribution < 1.29 is 16.2 Å². The molecule has 0 aliphatic heterocycles. The second kappa shape index (κ2) is 8.84. The van der Waals surface area contributed by atoms with Crippen LogP contribution in [0.15, 0.2) is 0 Å². The van der Waals surface area contributed by atoms with Gasteiger partial charge in [-0.05, 0) is 0 Å². The van der Waals surface area contributed by atoms with Gasteiger partial charge in [-0.2, -0.15) is 0 Å². The van der Waals surface area contributed by atoms with E-state index in [0.717, 1.165) is 0 Å². The Morgan fingerprint density at radius 1 is 1.75 bits per heavy atom. The van der Waals surface area contributed by atoms with Crippen LogP contribution >= 0.6 is 0 Å². The summed E-state index contributed by atoms with van der Waals surface area (Å²) in [7, 11) is 1.56. The third-order valence-corrected chi connectivity index (χ3v) is 0. The molecule has 0 aliphatic rings. The Hall–Kier alpha value is 1.79. The fourth-order valence-electron chi connectivity index (χ4n) is 0. The molecule has 0 unspecified atom stereocenters. The summed E-state index contributed by atoms with van der Waals surface area (Å²) in [6, 6.07) is 0. The summed E-state index contributed by atoms with van der Waals surface area (Å²) >= 11 is 0.264. The van der Waals surface area contributed by atoms with Crippen LogP contribution in [0.25, 0.3) is 0 Å². The van der Waals surface area contributed by atoms with Gasteiger partial charge >= 0.3 is 57.2 Å². The molecule has 0 nitrogen and oxygen atoms in total. The van der Waals surface area contributed by atoms with Crippen LogP contribution in [0.4, 0.5) is 0 Å². The van der Waals surface area contributed by atoms with Gasteiger partial charge in [0.25, 0.3) is 0 Å². The molecule has 0 aromatic rings. The maximum absolute atomic E-state index is 2.37. The van der Waals surface area contributed by atoms with Crippen LogP contribution in [0.1, 0.15) is 0 Å². The van der Waals surface area contributed by atoms with Gasteiger partial charge in [-0.1, -0.05) is 0 Å². The molecular formula is H8BBiSiZn. The predicted octanol–water partition coefficient (Wildman–Crippen LogP) is -3.29. The Balaban J connectivity index is 0. The van der Waals surface area contributed by atoms with Crippen LogP contribution in [0, 0.1) is 0 Å². The Kier molecular flexibility index (Phi) is 20.4. The fourth-order valence-corrected chi connectivity index (χ4v) is 0. The minimum absolute atomic E-state index is 0. The van der Waals surface area contributed by atoms with E-state index in [9.17, 15) is 0 Å². The molecule has 0 rings (SSSR count). The monoisotopic (exact) mass is 320 g/mol. The van der Waals surface area contributed by atoms with Crippen molar-refractivity contribution in [3.8, 4) is 0 Å². The third kappa shape index (κ3) is 9.21. The first-order chi connectivity index (χ1) is 1.41. The van der Waals surface area contributed by atoms with E-state index < -0.39 is 0 Å². The van der Waals surface area contributed by atoms with Crippen LogP contribution < -0.4 is 0 Å². The van der Waals surface area contributed by atoms with E-state index in [-0.39, 0.29) is 42.4 Å². The molecule has 4 heteroatoms. The van der Waals surface area contributed by atoms with Crippen molar-refractivity contribution in [2.24, 2.45) is 0 Å². The maximum atomic E-state index is 2.37. The molecule has 0 spiro atoms. The van der Waals surface area contributed by atoms with Gasteiger partial charge in [0, 0.05) is 0 Å². The first-order valence-electron chi connectivity index (χ1n) is 1.41. The number of rotatable bonds is 0. The zero-order valence-electron chi connectivity index (χ0n) is 3.41. The molecule has 22 valence electrons. The standard InChI is InChI=1S/BH2.Bi.H3Si.Zn.3H/h1H2;;1H3;;;;/q+1;;;-1;;;. The summed E-state index contributed by atoms with van der Waals surface area (Å²) in [6.07, 6.45) is 2.37. The van der Waals surface area contributed by atoms with Gasteiger partial charge in [-0.15, -0.1) is 0 Å². The molecular weight excluding hydrogens is 313 g/mol. The molecule has 4 heavy (non-hydrogen) atoms. The second-order valence-electron chi connectivity index (χ2n) is 0.707. The van der Waals surface area contributed by atoms with Crippen LogP contribution in [0.3, 0.4) is 0 Å². The first kappa shape index (κ1) is 9.25.